The summed E-state index contributed by atoms with van der Waals surface area (Å²) in [4.78, 5) is 0. The van der Waals surface area contributed by atoms with E-state index >= 15 is 0 Å². The van der Waals surface area contributed by atoms with E-state index in [0.717, 1.165) is 19.3 Å². The molecule has 0 aliphatic heterocycles. The number of hydrogen-bond acceptors (Lipinski definition) is 1. The lowest BCUT2D eigenvalue weighted by Crippen LogP contribution is -3.00. The molecule has 1 aliphatic rings. The molecule has 1 unspecified atom stereocenters. The van der Waals surface area contributed by atoms with Crippen LogP contribution in [0, 0.1) is 0 Å². The van der Waals surface area contributed by atoms with Gasteiger partial charge in [-0.3, -0.25) is 0 Å². The van der Waals surface area contributed by atoms with Crippen LogP contribution in [-0.2, 0) is 12.8 Å². The predicted molar refractivity (Wildman–Crippen MR) is 46.4 cm³/mol. The minimum absolute atomic E-state index is 0. The van der Waals surface area contributed by atoms with Gasteiger partial charge in [0.15, 0.2) is 0 Å². The third-order valence-corrected chi connectivity index (χ3v) is 2.38. The fourth-order valence-electron chi connectivity index (χ4n) is 1.73. The van der Waals surface area contributed by atoms with E-state index in [1.54, 1.807) is 0 Å². The van der Waals surface area contributed by atoms with Gasteiger partial charge in [-0.1, -0.05) is 24.3 Å². The fraction of sp³-hybridized carbons (Fsp3) is 0.400. The number of aryl methyl sites for hydroxylation is 1. The Morgan fingerprint density at radius 1 is 1.17 bits per heavy atom. The van der Waals surface area contributed by atoms with Gasteiger partial charge in [0, 0.05) is 6.04 Å². The van der Waals surface area contributed by atoms with Crippen molar-refractivity contribution in [3.8, 4) is 0 Å². The van der Waals surface area contributed by atoms with Crippen molar-refractivity contribution in [1.82, 2.24) is 0 Å². The summed E-state index contributed by atoms with van der Waals surface area (Å²) in [6, 6.07) is 8.99. The van der Waals surface area contributed by atoms with Crippen LogP contribution >= 0.6 is 0 Å². The molecule has 0 radical (unpaired) electrons. The number of halogens is 1. The van der Waals surface area contributed by atoms with Crippen LogP contribution in [-0.4, -0.2) is 6.04 Å². The quantitative estimate of drug-likeness (QED) is 0.520. The van der Waals surface area contributed by atoms with Crippen LogP contribution in [0.4, 0.5) is 0 Å². The summed E-state index contributed by atoms with van der Waals surface area (Å²) >= 11 is 0. The van der Waals surface area contributed by atoms with Gasteiger partial charge in [-0.15, -0.1) is 0 Å². The second-order valence-corrected chi connectivity index (χ2v) is 3.27. The molecule has 0 saturated heterocycles. The van der Waals surface area contributed by atoms with Crippen molar-refractivity contribution < 1.29 is 12.4 Å². The number of benzene rings is 1. The van der Waals surface area contributed by atoms with Gasteiger partial charge in [0.1, 0.15) is 0 Å². The first-order chi connectivity index (χ1) is 5.36. The first-order valence-electron chi connectivity index (χ1n) is 4.18. The summed E-state index contributed by atoms with van der Waals surface area (Å²) in [7, 11) is 0. The molecule has 2 N–H and O–H groups in total. The summed E-state index contributed by atoms with van der Waals surface area (Å²) in [5.41, 5.74) is 8.79. The smallest absolute Gasteiger partial charge is 0.00825 e. The van der Waals surface area contributed by atoms with Crippen molar-refractivity contribution in [1.29, 1.82) is 0 Å². The third-order valence-electron chi connectivity index (χ3n) is 2.38. The second kappa shape index (κ2) is 3.92. The van der Waals surface area contributed by atoms with Crippen molar-refractivity contribution in [2.24, 2.45) is 5.73 Å². The minimum Gasteiger partial charge on any atom is -1.00 e. The highest BCUT2D eigenvalue weighted by molar-refractivity contribution is 5.30. The van der Waals surface area contributed by atoms with Crippen molar-refractivity contribution in [3.05, 3.63) is 35.4 Å². The Labute approximate surface area is 79.4 Å². The van der Waals surface area contributed by atoms with Gasteiger partial charge in [0.25, 0.3) is 0 Å². The van der Waals surface area contributed by atoms with Crippen molar-refractivity contribution in [2.75, 3.05) is 0 Å². The predicted octanol–water partition coefficient (Wildman–Crippen LogP) is -1.49. The highest BCUT2D eigenvalue weighted by Crippen LogP contribution is 2.19. The first kappa shape index (κ1) is 9.56. The summed E-state index contributed by atoms with van der Waals surface area (Å²) in [6.45, 7) is 0. The molecular weight excluding hydrogens is 170 g/mol. The fourth-order valence-corrected chi connectivity index (χ4v) is 1.73. The Morgan fingerprint density at radius 3 is 2.58 bits per heavy atom. The number of fused-ring (bicyclic) bond motifs is 1. The van der Waals surface area contributed by atoms with Gasteiger partial charge in [0.05, 0.1) is 0 Å². The van der Waals surface area contributed by atoms with Crippen LogP contribution in [0.5, 0.6) is 0 Å². The zero-order valence-corrected chi connectivity index (χ0v) is 7.72. The SMILES string of the molecule is NC1CCc2ccccc2C1.[Cl-]. The normalized spacial score (nSPS) is 20.9. The van der Waals surface area contributed by atoms with Gasteiger partial charge in [-0.05, 0) is 30.4 Å². The van der Waals surface area contributed by atoms with E-state index in [4.69, 9.17) is 5.73 Å². The zero-order valence-electron chi connectivity index (χ0n) is 6.96. The maximum atomic E-state index is 5.85. The van der Waals surface area contributed by atoms with E-state index in [9.17, 15) is 0 Å². The van der Waals surface area contributed by atoms with Gasteiger partial charge in [-0.25, -0.2) is 0 Å². The van der Waals surface area contributed by atoms with Crippen LogP contribution < -0.4 is 18.1 Å². The average molecular weight is 183 g/mol. The molecule has 1 aromatic carbocycles. The van der Waals surface area contributed by atoms with Crippen LogP contribution in [0.3, 0.4) is 0 Å². The van der Waals surface area contributed by atoms with Crippen molar-refractivity contribution >= 4 is 0 Å². The molecule has 12 heavy (non-hydrogen) atoms. The molecule has 0 fully saturated rings. The molecule has 1 nitrogen and oxygen atoms in total. The second-order valence-electron chi connectivity index (χ2n) is 3.27. The summed E-state index contributed by atoms with van der Waals surface area (Å²) in [5.74, 6) is 0. The van der Waals surface area contributed by atoms with Crippen molar-refractivity contribution in [2.45, 2.75) is 25.3 Å². The summed E-state index contributed by atoms with van der Waals surface area (Å²) in [5, 5.41) is 0. The Bertz CT molecular complexity index is 260. The average Bonchev–Trinajstić information content (AvgIpc) is 2.04. The Kier molecular flexibility index (Phi) is 3.12. The third kappa shape index (κ3) is 1.79. The Balaban J connectivity index is 0.000000720. The Hall–Kier alpha value is -0.530. The van der Waals surface area contributed by atoms with E-state index in [1.807, 2.05) is 0 Å². The lowest BCUT2D eigenvalue weighted by molar-refractivity contribution is -0.00000242. The lowest BCUT2D eigenvalue weighted by Gasteiger charge is -2.20. The van der Waals surface area contributed by atoms with Gasteiger partial charge in [-0.2, -0.15) is 0 Å². The monoisotopic (exact) mass is 182 g/mol. The summed E-state index contributed by atoms with van der Waals surface area (Å²) < 4.78 is 0. The van der Waals surface area contributed by atoms with Gasteiger partial charge < -0.3 is 18.1 Å². The van der Waals surface area contributed by atoms with Crippen LogP contribution in [0.25, 0.3) is 0 Å². The van der Waals surface area contributed by atoms with E-state index in [-0.39, 0.29) is 12.4 Å². The summed E-state index contributed by atoms with van der Waals surface area (Å²) in [6.07, 6.45) is 3.38. The molecule has 1 aromatic rings. The van der Waals surface area contributed by atoms with E-state index in [0.29, 0.717) is 6.04 Å². The van der Waals surface area contributed by atoms with E-state index < -0.39 is 0 Å². The standard InChI is InChI=1S/C10H13N.ClH/c11-10-6-5-8-3-1-2-4-9(8)7-10;/h1-4,10H,5-7,11H2;1H/p-1. The lowest BCUT2D eigenvalue weighted by atomic mass is 9.89. The van der Waals surface area contributed by atoms with E-state index in [1.165, 1.54) is 11.1 Å². The molecule has 0 saturated carbocycles. The molecule has 0 bridgehead atoms. The van der Waals surface area contributed by atoms with Crippen LogP contribution in [0.1, 0.15) is 17.5 Å². The van der Waals surface area contributed by atoms with Gasteiger partial charge >= 0.3 is 0 Å². The number of hydrogen-bond donors (Lipinski definition) is 1. The molecule has 66 valence electrons. The maximum absolute atomic E-state index is 5.85. The largest absolute Gasteiger partial charge is 1.00 e. The highest BCUT2D eigenvalue weighted by Gasteiger charge is 2.13. The van der Waals surface area contributed by atoms with Crippen molar-refractivity contribution in [3.63, 3.8) is 0 Å². The molecule has 2 rings (SSSR count). The van der Waals surface area contributed by atoms with Gasteiger partial charge in [0.2, 0.25) is 0 Å². The molecule has 0 aromatic heterocycles. The van der Waals surface area contributed by atoms with Crippen LogP contribution in [0.15, 0.2) is 24.3 Å². The van der Waals surface area contributed by atoms with Crippen LogP contribution in [0.2, 0.25) is 0 Å². The molecule has 1 aliphatic carbocycles. The topological polar surface area (TPSA) is 26.0 Å². The molecule has 0 amide bonds. The highest BCUT2D eigenvalue weighted by atomic mass is 35.5. The van der Waals surface area contributed by atoms with E-state index in [2.05, 4.69) is 24.3 Å². The molecule has 2 heteroatoms. The Morgan fingerprint density at radius 2 is 1.83 bits per heavy atom. The maximum Gasteiger partial charge on any atom is 0.00825 e. The number of nitrogens with two attached hydrogens (primary N) is 1. The zero-order chi connectivity index (χ0) is 7.68. The number of rotatable bonds is 0. The molecular formula is C10H13ClN-. The first-order valence-corrected chi connectivity index (χ1v) is 4.18. The molecule has 0 heterocycles. The molecule has 1 atom stereocenters. The molecule has 0 spiro atoms. The minimum atomic E-state index is 0.